The number of nitrogens with zero attached hydrogens (tertiary/aromatic N) is 1. The standard InChI is InChI=1S/C13H14N2S/c1-2-12(11-5-8-16-9-11)15-13-4-7-14-6-3-10(1)13/h1-2,5,8-9,14H,3-4,6-7H2. The maximum absolute atomic E-state index is 4.78. The fourth-order valence-electron chi connectivity index (χ4n) is 2.10. The van der Waals surface area contributed by atoms with Gasteiger partial charge in [0.15, 0.2) is 0 Å². The van der Waals surface area contributed by atoms with Crippen molar-refractivity contribution in [2.45, 2.75) is 12.8 Å². The van der Waals surface area contributed by atoms with Crippen molar-refractivity contribution in [3.63, 3.8) is 0 Å². The third-order valence-corrected chi connectivity index (χ3v) is 3.68. The summed E-state index contributed by atoms with van der Waals surface area (Å²) in [6.07, 6.45) is 2.15. The van der Waals surface area contributed by atoms with Gasteiger partial charge in [0.25, 0.3) is 0 Å². The Bertz CT molecular complexity index is 477. The first-order chi connectivity index (χ1) is 7.93. The van der Waals surface area contributed by atoms with Crippen molar-refractivity contribution in [1.82, 2.24) is 10.3 Å². The van der Waals surface area contributed by atoms with Gasteiger partial charge in [0.05, 0.1) is 5.69 Å². The molecule has 82 valence electrons. The number of hydrogen-bond donors (Lipinski definition) is 1. The van der Waals surface area contributed by atoms with E-state index in [0.717, 1.165) is 31.6 Å². The molecule has 3 heterocycles. The molecule has 1 aliphatic heterocycles. The smallest absolute Gasteiger partial charge is 0.0713 e. The zero-order valence-electron chi connectivity index (χ0n) is 9.07. The van der Waals surface area contributed by atoms with E-state index in [1.54, 1.807) is 11.3 Å². The van der Waals surface area contributed by atoms with Crippen LogP contribution >= 0.6 is 11.3 Å². The van der Waals surface area contributed by atoms with Crippen molar-refractivity contribution >= 4 is 11.3 Å². The lowest BCUT2D eigenvalue weighted by molar-refractivity contribution is 0.708. The Balaban J connectivity index is 2.01. The van der Waals surface area contributed by atoms with Gasteiger partial charge in [-0.25, -0.2) is 0 Å². The molecule has 0 saturated carbocycles. The van der Waals surface area contributed by atoms with Gasteiger partial charge in [-0.05, 0) is 36.0 Å². The summed E-state index contributed by atoms with van der Waals surface area (Å²) in [5.41, 5.74) is 5.03. The summed E-state index contributed by atoms with van der Waals surface area (Å²) in [5.74, 6) is 0. The molecule has 0 radical (unpaired) electrons. The van der Waals surface area contributed by atoms with Crippen LogP contribution in [-0.2, 0) is 12.8 Å². The van der Waals surface area contributed by atoms with E-state index in [1.165, 1.54) is 16.8 Å². The van der Waals surface area contributed by atoms with Gasteiger partial charge < -0.3 is 5.32 Å². The molecule has 3 rings (SSSR count). The third kappa shape index (κ3) is 1.88. The summed E-state index contributed by atoms with van der Waals surface area (Å²) in [6.45, 7) is 2.12. The van der Waals surface area contributed by atoms with Crippen molar-refractivity contribution in [1.29, 1.82) is 0 Å². The van der Waals surface area contributed by atoms with E-state index < -0.39 is 0 Å². The van der Waals surface area contributed by atoms with Crippen molar-refractivity contribution < 1.29 is 0 Å². The van der Waals surface area contributed by atoms with E-state index in [4.69, 9.17) is 4.98 Å². The number of fused-ring (bicyclic) bond motifs is 1. The van der Waals surface area contributed by atoms with Crippen LogP contribution in [0.3, 0.4) is 0 Å². The molecule has 0 fully saturated rings. The molecule has 0 saturated heterocycles. The summed E-state index contributed by atoms with van der Waals surface area (Å²) in [7, 11) is 0. The number of aromatic nitrogens is 1. The summed E-state index contributed by atoms with van der Waals surface area (Å²) in [6, 6.07) is 6.52. The SMILES string of the molecule is c1cc(-c2ccc3c(n2)CCNCC3)cs1. The van der Waals surface area contributed by atoms with Crippen LogP contribution in [0.25, 0.3) is 11.3 Å². The Morgan fingerprint density at radius 3 is 2.94 bits per heavy atom. The molecule has 1 N–H and O–H groups in total. The number of thiophene rings is 1. The van der Waals surface area contributed by atoms with Crippen LogP contribution in [0.5, 0.6) is 0 Å². The lowest BCUT2D eigenvalue weighted by atomic mass is 10.1. The zero-order chi connectivity index (χ0) is 10.8. The Hall–Kier alpha value is -1.19. The van der Waals surface area contributed by atoms with Gasteiger partial charge in [0, 0.05) is 29.6 Å². The predicted molar refractivity (Wildman–Crippen MR) is 67.8 cm³/mol. The second-order valence-electron chi connectivity index (χ2n) is 4.06. The zero-order valence-corrected chi connectivity index (χ0v) is 9.89. The van der Waals surface area contributed by atoms with Gasteiger partial charge in [-0.1, -0.05) is 6.07 Å². The van der Waals surface area contributed by atoms with Crippen LogP contribution in [0.4, 0.5) is 0 Å². The number of nitrogens with one attached hydrogen (secondary N) is 1. The average Bonchev–Trinajstić information content (AvgIpc) is 2.74. The molecule has 0 spiro atoms. The first kappa shape index (κ1) is 10.00. The summed E-state index contributed by atoms with van der Waals surface area (Å²) in [5, 5.41) is 7.67. The molecule has 3 heteroatoms. The molecule has 2 aromatic heterocycles. The van der Waals surface area contributed by atoms with Crippen molar-refractivity contribution in [3.8, 4) is 11.3 Å². The van der Waals surface area contributed by atoms with E-state index in [1.807, 2.05) is 0 Å². The number of rotatable bonds is 1. The van der Waals surface area contributed by atoms with Crippen molar-refractivity contribution in [2.75, 3.05) is 13.1 Å². The topological polar surface area (TPSA) is 24.9 Å². The monoisotopic (exact) mass is 230 g/mol. The lowest BCUT2D eigenvalue weighted by Gasteiger charge is -2.06. The van der Waals surface area contributed by atoms with E-state index in [0.29, 0.717) is 0 Å². The Morgan fingerprint density at radius 1 is 1.12 bits per heavy atom. The molecule has 0 unspecified atom stereocenters. The second kappa shape index (κ2) is 4.36. The van der Waals surface area contributed by atoms with E-state index >= 15 is 0 Å². The molecule has 0 amide bonds. The van der Waals surface area contributed by atoms with Gasteiger partial charge in [-0.3, -0.25) is 4.98 Å². The van der Waals surface area contributed by atoms with Gasteiger partial charge in [-0.15, -0.1) is 0 Å². The maximum atomic E-state index is 4.78. The van der Waals surface area contributed by atoms with Gasteiger partial charge in [0.1, 0.15) is 0 Å². The molecule has 0 aliphatic carbocycles. The summed E-state index contributed by atoms with van der Waals surface area (Å²) in [4.78, 5) is 4.78. The largest absolute Gasteiger partial charge is 0.316 e. The van der Waals surface area contributed by atoms with Crippen LogP contribution in [0, 0.1) is 0 Å². The van der Waals surface area contributed by atoms with E-state index in [-0.39, 0.29) is 0 Å². The Kier molecular flexibility index (Phi) is 2.72. The van der Waals surface area contributed by atoms with E-state index in [2.05, 4.69) is 34.3 Å². The molecule has 1 aliphatic rings. The molecule has 2 aromatic rings. The van der Waals surface area contributed by atoms with Gasteiger partial charge in [-0.2, -0.15) is 11.3 Å². The maximum Gasteiger partial charge on any atom is 0.0713 e. The highest BCUT2D eigenvalue weighted by Gasteiger charge is 2.10. The van der Waals surface area contributed by atoms with Crippen LogP contribution in [0.15, 0.2) is 29.0 Å². The second-order valence-corrected chi connectivity index (χ2v) is 4.84. The molecule has 0 bridgehead atoms. The molecule has 2 nitrogen and oxygen atoms in total. The molecule has 16 heavy (non-hydrogen) atoms. The predicted octanol–water partition coefficient (Wildman–Crippen LogP) is 2.50. The average molecular weight is 230 g/mol. The highest BCUT2D eigenvalue weighted by molar-refractivity contribution is 7.08. The quantitative estimate of drug-likeness (QED) is 0.814. The van der Waals surface area contributed by atoms with Crippen molar-refractivity contribution in [2.24, 2.45) is 0 Å². The fraction of sp³-hybridized carbons (Fsp3) is 0.308. The minimum Gasteiger partial charge on any atom is -0.316 e. The van der Waals surface area contributed by atoms with Crippen molar-refractivity contribution in [3.05, 3.63) is 40.2 Å². The Labute approximate surface area is 99.4 Å². The number of hydrogen-bond acceptors (Lipinski definition) is 3. The third-order valence-electron chi connectivity index (χ3n) is 3.00. The summed E-state index contributed by atoms with van der Waals surface area (Å²) >= 11 is 1.72. The molecular formula is C13H14N2S. The molecule has 0 atom stereocenters. The minimum absolute atomic E-state index is 1.05. The Morgan fingerprint density at radius 2 is 2.06 bits per heavy atom. The molecule has 0 aromatic carbocycles. The van der Waals surface area contributed by atoms with Crippen LogP contribution in [0.1, 0.15) is 11.3 Å². The molecular weight excluding hydrogens is 216 g/mol. The van der Waals surface area contributed by atoms with Crippen LogP contribution in [0.2, 0.25) is 0 Å². The van der Waals surface area contributed by atoms with Crippen LogP contribution in [-0.4, -0.2) is 18.1 Å². The highest BCUT2D eigenvalue weighted by atomic mass is 32.1. The summed E-state index contributed by atoms with van der Waals surface area (Å²) < 4.78 is 0. The normalized spacial score (nSPS) is 15.5. The number of pyridine rings is 1. The minimum atomic E-state index is 1.05. The van der Waals surface area contributed by atoms with Gasteiger partial charge >= 0.3 is 0 Å². The van der Waals surface area contributed by atoms with Gasteiger partial charge in [0.2, 0.25) is 0 Å². The van der Waals surface area contributed by atoms with Crippen LogP contribution < -0.4 is 5.32 Å². The first-order valence-electron chi connectivity index (χ1n) is 5.65. The fourth-order valence-corrected chi connectivity index (χ4v) is 2.75. The first-order valence-corrected chi connectivity index (χ1v) is 6.60. The lowest BCUT2D eigenvalue weighted by Crippen LogP contribution is -2.16. The van der Waals surface area contributed by atoms with E-state index in [9.17, 15) is 0 Å². The highest BCUT2D eigenvalue weighted by Crippen LogP contribution is 2.22.